The molecule has 0 fully saturated rings. The van der Waals surface area contributed by atoms with Gasteiger partial charge in [-0.3, -0.25) is 0 Å². The molecule has 1 heterocycles. The van der Waals surface area contributed by atoms with Crippen LogP contribution in [0.25, 0.3) is 0 Å². The van der Waals surface area contributed by atoms with Crippen LogP contribution in [-0.2, 0) is 5.75 Å². The molecule has 0 aromatic heterocycles. The molecule has 1 unspecified atom stereocenters. The van der Waals surface area contributed by atoms with Crippen molar-refractivity contribution < 1.29 is 4.39 Å². The van der Waals surface area contributed by atoms with Crippen molar-refractivity contribution in [2.45, 2.75) is 50.7 Å². The minimum atomic E-state index is -0.114. The van der Waals surface area contributed by atoms with Gasteiger partial charge >= 0.3 is 0 Å². The molecule has 1 aromatic carbocycles. The highest BCUT2D eigenvalue weighted by Gasteiger charge is 2.36. The summed E-state index contributed by atoms with van der Waals surface area (Å²) in [5.74, 6) is 0.871. The van der Waals surface area contributed by atoms with Crippen LogP contribution in [0.5, 0.6) is 0 Å². The highest BCUT2D eigenvalue weighted by molar-refractivity contribution is 8.00. The molecule has 100 valence electrons. The fourth-order valence-corrected chi connectivity index (χ4v) is 3.90. The summed E-state index contributed by atoms with van der Waals surface area (Å²) in [7, 11) is 0. The molecule has 0 saturated carbocycles. The van der Waals surface area contributed by atoms with Gasteiger partial charge in [0.05, 0.1) is 0 Å². The van der Waals surface area contributed by atoms with Gasteiger partial charge in [-0.1, -0.05) is 6.92 Å². The summed E-state index contributed by atoms with van der Waals surface area (Å²) in [4.78, 5) is 0. The maximum Gasteiger partial charge on any atom is 0.123 e. The molecular weight excluding hydrogens is 245 g/mol. The van der Waals surface area contributed by atoms with Gasteiger partial charge in [-0.05, 0) is 62.6 Å². The molecular formula is C15H22FNS. The Morgan fingerprint density at radius 1 is 1.44 bits per heavy atom. The van der Waals surface area contributed by atoms with Crippen molar-refractivity contribution in [2.75, 3.05) is 6.54 Å². The molecule has 1 aromatic rings. The number of hydrogen-bond acceptors (Lipinski definition) is 2. The Morgan fingerprint density at radius 3 is 2.83 bits per heavy atom. The molecule has 1 atom stereocenters. The first-order chi connectivity index (χ1) is 8.45. The van der Waals surface area contributed by atoms with Crippen LogP contribution in [0.3, 0.4) is 0 Å². The van der Waals surface area contributed by atoms with E-state index in [0.717, 1.165) is 29.8 Å². The van der Waals surface area contributed by atoms with Gasteiger partial charge < -0.3 is 5.32 Å². The number of thioether (sulfide) groups is 1. The molecule has 2 rings (SSSR count). The average Bonchev–Trinajstić information content (AvgIpc) is 2.26. The third kappa shape index (κ3) is 2.57. The lowest BCUT2D eigenvalue weighted by Crippen LogP contribution is -2.40. The first kappa shape index (κ1) is 13.9. The van der Waals surface area contributed by atoms with Crippen molar-refractivity contribution in [1.29, 1.82) is 0 Å². The standard InChI is InChI=1S/C15H22FNS/c1-5-6-17-14-12-8-11(16)7-10(2)13(12)9-18-15(14,3)4/h7-8,14,17H,5-6,9H2,1-4H3. The van der Waals surface area contributed by atoms with Crippen molar-refractivity contribution in [3.8, 4) is 0 Å². The molecule has 0 amide bonds. The minimum Gasteiger partial charge on any atom is -0.309 e. The van der Waals surface area contributed by atoms with Crippen molar-refractivity contribution in [2.24, 2.45) is 0 Å². The van der Waals surface area contributed by atoms with E-state index < -0.39 is 0 Å². The van der Waals surface area contributed by atoms with E-state index in [1.165, 1.54) is 5.56 Å². The average molecular weight is 267 g/mol. The zero-order valence-corrected chi connectivity index (χ0v) is 12.5. The second-order valence-corrected chi connectivity index (χ2v) is 7.20. The van der Waals surface area contributed by atoms with Crippen LogP contribution in [0.2, 0.25) is 0 Å². The van der Waals surface area contributed by atoms with Crippen LogP contribution in [-0.4, -0.2) is 11.3 Å². The summed E-state index contributed by atoms with van der Waals surface area (Å²) < 4.78 is 13.8. The van der Waals surface area contributed by atoms with E-state index in [1.54, 1.807) is 12.1 Å². The first-order valence-electron chi connectivity index (χ1n) is 6.62. The Morgan fingerprint density at radius 2 is 2.17 bits per heavy atom. The van der Waals surface area contributed by atoms with Crippen molar-refractivity contribution in [3.63, 3.8) is 0 Å². The van der Waals surface area contributed by atoms with Gasteiger partial charge in [0.15, 0.2) is 0 Å². The third-order valence-corrected chi connectivity index (χ3v) is 5.08. The van der Waals surface area contributed by atoms with E-state index in [9.17, 15) is 4.39 Å². The topological polar surface area (TPSA) is 12.0 Å². The second kappa shape index (κ2) is 5.22. The Bertz CT molecular complexity index is 442. The lowest BCUT2D eigenvalue weighted by atomic mass is 9.89. The van der Waals surface area contributed by atoms with Gasteiger partial charge in [0.1, 0.15) is 5.82 Å². The van der Waals surface area contributed by atoms with Crippen molar-refractivity contribution in [1.82, 2.24) is 5.32 Å². The molecule has 0 spiro atoms. The zero-order chi connectivity index (χ0) is 13.3. The number of benzene rings is 1. The van der Waals surface area contributed by atoms with E-state index in [2.05, 4.69) is 26.1 Å². The van der Waals surface area contributed by atoms with E-state index >= 15 is 0 Å². The largest absolute Gasteiger partial charge is 0.309 e. The lowest BCUT2D eigenvalue weighted by molar-refractivity contribution is 0.436. The Labute approximate surface area is 114 Å². The van der Waals surface area contributed by atoms with Gasteiger partial charge in [0.2, 0.25) is 0 Å². The predicted molar refractivity (Wildman–Crippen MR) is 77.5 cm³/mol. The summed E-state index contributed by atoms with van der Waals surface area (Å²) in [5.41, 5.74) is 3.55. The van der Waals surface area contributed by atoms with Crippen LogP contribution in [0.4, 0.5) is 4.39 Å². The van der Waals surface area contributed by atoms with Crippen molar-refractivity contribution in [3.05, 3.63) is 34.6 Å². The quantitative estimate of drug-likeness (QED) is 0.881. The molecule has 3 heteroatoms. The molecule has 18 heavy (non-hydrogen) atoms. The number of hydrogen-bond donors (Lipinski definition) is 1. The van der Waals surface area contributed by atoms with Crippen LogP contribution in [0.1, 0.15) is 49.9 Å². The second-order valence-electron chi connectivity index (χ2n) is 5.57. The first-order valence-corrected chi connectivity index (χ1v) is 7.60. The molecule has 1 N–H and O–H groups in total. The number of nitrogens with one attached hydrogen (secondary N) is 1. The summed E-state index contributed by atoms with van der Waals surface area (Å²) in [6.07, 6.45) is 1.10. The summed E-state index contributed by atoms with van der Waals surface area (Å²) in [6, 6.07) is 3.60. The number of halogens is 1. The summed E-state index contributed by atoms with van der Waals surface area (Å²) >= 11 is 1.96. The molecule has 0 aliphatic carbocycles. The van der Waals surface area contributed by atoms with Gasteiger partial charge in [-0.2, -0.15) is 0 Å². The predicted octanol–water partition coefficient (Wildman–Crippen LogP) is 4.20. The SMILES string of the molecule is CCCNC1c2cc(F)cc(C)c2CSC1(C)C. The highest BCUT2D eigenvalue weighted by Crippen LogP contribution is 2.46. The van der Waals surface area contributed by atoms with Gasteiger partial charge in [-0.25, -0.2) is 4.39 Å². The number of rotatable bonds is 3. The summed E-state index contributed by atoms with van der Waals surface area (Å²) in [6.45, 7) is 9.64. The van der Waals surface area contributed by atoms with Crippen LogP contribution >= 0.6 is 11.8 Å². The van der Waals surface area contributed by atoms with E-state index in [4.69, 9.17) is 0 Å². The van der Waals surface area contributed by atoms with E-state index in [-0.39, 0.29) is 16.6 Å². The minimum absolute atomic E-state index is 0.113. The Balaban J connectivity index is 2.43. The molecule has 1 aliphatic rings. The van der Waals surface area contributed by atoms with E-state index in [1.807, 2.05) is 18.7 Å². The Hall–Kier alpha value is -0.540. The molecule has 1 nitrogen and oxygen atoms in total. The normalized spacial score (nSPS) is 21.7. The molecule has 1 aliphatic heterocycles. The zero-order valence-electron chi connectivity index (χ0n) is 11.6. The maximum atomic E-state index is 13.7. The van der Waals surface area contributed by atoms with Crippen LogP contribution < -0.4 is 5.32 Å². The smallest absolute Gasteiger partial charge is 0.123 e. The highest BCUT2D eigenvalue weighted by atomic mass is 32.2. The van der Waals surface area contributed by atoms with Crippen molar-refractivity contribution >= 4 is 11.8 Å². The third-order valence-electron chi connectivity index (χ3n) is 3.67. The van der Waals surface area contributed by atoms with Crippen LogP contribution in [0.15, 0.2) is 12.1 Å². The van der Waals surface area contributed by atoms with E-state index in [0.29, 0.717) is 0 Å². The lowest BCUT2D eigenvalue weighted by Gasteiger charge is -2.40. The van der Waals surface area contributed by atoms with Gasteiger partial charge in [0, 0.05) is 16.5 Å². The van der Waals surface area contributed by atoms with Gasteiger partial charge in [-0.15, -0.1) is 11.8 Å². The molecule has 0 bridgehead atoms. The number of fused-ring (bicyclic) bond motifs is 1. The molecule has 0 radical (unpaired) electrons. The van der Waals surface area contributed by atoms with Crippen LogP contribution in [0, 0.1) is 12.7 Å². The number of aryl methyl sites for hydroxylation is 1. The fourth-order valence-electron chi connectivity index (χ4n) is 2.61. The summed E-state index contributed by atoms with van der Waals surface area (Å²) in [5, 5.41) is 3.58. The maximum absolute atomic E-state index is 13.7. The molecule has 0 saturated heterocycles. The van der Waals surface area contributed by atoms with Gasteiger partial charge in [0.25, 0.3) is 0 Å². The monoisotopic (exact) mass is 267 g/mol. The fraction of sp³-hybridized carbons (Fsp3) is 0.600. The Kier molecular flexibility index (Phi) is 4.02.